The first kappa shape index (κ1) is 23.9. The van der Waals surface area contributed by atoms with Crippen molar-refractivity contribution in [1.29, 1.82) is 0 Å². The highest BCUT2D eigenvalue weighted by molar-refractivity contribution is 4.66. The summed E-state index contributed by atoms with van der Waals surface area (Å²) < 4.78 is 0. The second-order valence-corrected chi connectivity index (χ2v) is 8.25. The largest absolute Gasteiger partial charge is 0.396 e. The van der Waals surface area contributed by atoms with Gasteiger partial charge >= 0.3 is 0 Å². The van der Waals surface area contributed by atoms with Crippen molar-refractivity contribution in [3.05, 3.63) is 0 Å². The van der Waals surface area contributed by atoms with Gasteiger partial charge in [-0.1, -0.05) is 91.4 Å². The van der Waals surface area contributed by atoms with Crippen LogP contribution < -0.4 is 0 Å². The zero-order valence-corrected chi connectivity index (χ0v) is 16.9. The third-order valence-electron chi connectivity index (χ3n) is 5.56. The maximum absolute atomic E-state index is 8.81. The smallest absolute Gasteiger partial charge is 0.0431 e. The van der Waals surface area contributed by atoms with Crippen LogP contribution in [0.15, 0.2) is 0 Å². The Morgan fingerprint density at radius 1 is 0.500 bits per heavy atom. The average molecular weight is 343 g/mol. The van der Waals surface area contributed by atoms with E-state index in [0.717, 1.165) is 30.6 Å². The van der Waals surface area contributed by atoms with Crippen LogP contribution in [0.25, 0.3) is 0 Å². The van der Waals surface area contributed by atoms with Crippen molar-refractivity contribution in [1.82, 2.24) is 0 Å². The summed E-state index contributed by atoms with van der Waals surface area (Å²) in [6, 6.07) is 0. The number of unbranched alkanes of at least 4 members (excludes halogenated alkanes) is 8. The highest BCUT2D eigenvalue weighted by Gasteiger charge is 2.14. The van der Waals surface area contributed by atoms with Gasteiger partial charge in [0.25, 0.3) is 0 Å². The molecule has 0 aromatic carbocycles. The van der Waals surface area contributed by atoms with E-state index in [1.807, 2.05) is 0 Å². The first-order valence-corrected chi connectivity index (χ1v) is 10.8. The van der Waals surface area contributed by atoms with E-state index in [-0.39, 0.29) is 0 Å². The fourth-order valence-electron chi connectivity index (χ4n) is 3.64. The van der Waals surface area contributed by atoms with Crippen LogP contribution in [0.4, 0.5) is 0 Å². The van der Waals surface area contributed by atoms with Crippen molar-refractivity contribution >= 4 is 0 Å². The minimum Gasteiger partial charge on any atom is -0.396 e. The molecular weight excluding hydrogens is 296 g/mol. The Labute approximate surface area is 152 Å². The predicted octanol–water partition coefficient (Wildman–Crippen LogP) is 6.34. The van der Waals surface area contributed by atoms with E-state index in [9.17, 15) is 0 Å². The number of rotatable bonds is 18. The monoisotopic (exact) mass is 342 g/mol. The fourth-order valence-corrected chi connectivity index (χ4v) is 3.64. The van der Waals surface area contributed by atoms with Gasteiger partial charge in [0.15, 0.2) is 0 Å². The molecule has 24 heavy (non-hydrogen) atoms. The molecule has 0 aromatic heterocycles. The second-order valence-electron chi connectivity index (χ2n) is 8.25. The topological polar surface area (TPSA) is 40.5 Å². The van der Waals surface area contributed by atoms with Gasteiger partial charge in [-0.3, -0.25) is 0 Å². The second kappa shape index (κ2) is 17.7. The van der Waals surface area contributed by atoms with Crippen LogP contribution in [0.3, 0.4) is 0 Å². The molecule has 2 atom stereocenters. The zero-order valence-electron chi connectivity index (χ0n) is 16.9. The van der Waals surface area contributed by atoms with Gasteiger partial charge in [0.2, 0.25) is 0 Å². The summed E-state index contributed by atoms with van der Waals surface area (Å²) in [6.07, 6.45) is 17.9. The quantitative estimate of drug-likeness (QED) is 0.285. The van der Waals surface area contributed by atoms with Crippen LogP contribution in [-0.4, -0.2) is 23.4 Å². The predicted molar refractivity (Wildman–Crippen MR) is 106 cm³/mol. The van der Waals surface area contributed by atoms with Gasteiger partial charge in [0.1, 0.15) is 0 Å². The van der Waals surface area contributed by atoms with E-state index in [2.05, 4.69) is 20.8 Å². The summed E-state index contributed by atoms with van der Waals surface area (Å²) in [5.41, 5.74) is 0. The lowest BCUT2D eigenvalue weighted by Gasteiger charge is -2.23. The first-order valence-electron chi connectivity index (χ1n) is 10.8. The molecular formula is C22H46O2. The van der Waals surface area contributed by atoms with Gasteiger partial charge in [-0.2, -0.15) is 0 Å². The van der Waals surface area contributed by atoms with Gasteiger partial charge in [0.05, 0.1) is 0 Å². The lowest BCUT2D eigenvalue weighted by molar-refractivity contribution is 0.277. The fraction of sp³-hybridized carbons (Fsp3) is 1.00. The molecule has 0 fully saturated rings. The van der Waals surface area contributed by atoms with Gasteiger partial charge in [-0.05, 0) is 37.0 Å². The Kier molecular flexibility index (Phi) is 17.7. The Hall–Kier alpha value is -0.0800. The van der Waals surface area contributed by atoms with Gasteiger partial charge in [-0.25, -0.2) is 0 Å². The molecule has 146 valence electrons. The van der Waals surface area contributed by atoms with E-state index in [1.54, 1.807) is 0 Å². The number of hydrogen-bond donors (Lipinski definition) is 2. The summed E-state index contributed by atoms with van der Waals surface area (Å²) in [4.78, 5) is 0. The Balaban J connectivity index is 3.67. The van der Waals surface area contributed by atoms with Crippen LogP contribution in [-0.2, 0) is 0 Å². The molecule has 0 heterocycles. The van der Waals surface area contributed by atoms with Gasteiger partial charge < -0.3 is 10.2 Å². The number of aliphatic hydroxyl groups excluding tert-OH is 2. The van der Waals surface area contributed by atoms with Gasteiger partial charge in [-0.15, -0.1) is 0 Å². The van der Waals surface area contributed by atoms with Crippen LogP contribution >= 0.6 is 0 Å². The minimum absolute atomic E-state index is 0.355. The average Bonchev–Trinajstić information content (AvgIpc) is 2.56. The molecule has 0 radical (unpaired) electrons. The zero-order chi connectivity index (χ0) is 18.0. The highest BCUT2D eigenvalue weighted by atomic mass is 16.3. The molecule has 0 saturated heterocycles. The minimum atomic E-state index is 0.355. The Morgan fingerprint density at radius 2 is 0.958 bits per heavy atom. The maximum atomic E-state index is 8.81. The molecule has 0 bridgehead atoms. The van der Waals surface area contributed by atoms with Crippen molar-refractivity contribution in [2.45, 2.75) is 111 Å². The van der Waals surface area contributed by atoms with E-state index in [1.165, 1.54) is 77.0 Å². The third kappa shape index (κ3) is 15.4. The third-order valence-corrected chi connectivity index (χ3v) is 5.56. The van der Waals surface area contributed by atoms with Crippen LogP contribution in [0.2, 0.25) is 0 Å². The van der Waals surface area contributed by atoms with Crippen LogP contribution in [0.5, 0.6) is 0 Å². The molecule has 0 aliphatic rings. The molecule has 0 aliphatic heterocycles. The van der Waals surface area contributed by atoms with Crippen LogP contribution in [0.1, 0.15) is 111 Å². The lowest BCUT2D eigenvalue weighted by atomic mass is 9.83. The van der Waals surface area contributed by atoms with Crippen molar-refractivity contribution in [3.8, 4) is 0 Å². The van der Waals surface area contributed by atoms with Crippen molar-refractivity contribution < 1.29 is 10.2 Å². The first-order chi connectivity index (χ1) is 11.6. The highest BCUT2D eigenvalue weighted by Crippen LogP contribution is 2.27. The number of aliphatic hydroxyl groups is 2. The molecule has 0 rings (SSSR count). The van der Waals surface area contributed by atoms with Crippen molar-refractivity contribution in [2.24, 2.45) is 17.8 Å². The SMILES string of the molecule is CC(CCCCCCCO)CCC(CCCCCCCO)C(C)C. The number of hydrogen-bond acceptors (Lipinski definition) is 2. The molecule has 2 heteroatoms. The van der Waals surface area contributed by atoms with Crippen molar-refractivity contribution in [2.75, 3.05) is 13.2 Å². The molecule has 0 amide bonds. The molecule has 0 aliphatic carbocycles. The maximum Gasteiger partial charge on any atom is 0.0431 e. The van der Waals surface area contributed by atoms with E-state index in [4.69, 9.17) is 10.2 Å². The summed E-state index contributed by atoms with van der Waals surface area (Å²) in [6.45, 7) is 7.92. The van der Waals surface area contributed by atoms with E-state index >= 15 is 0 Å². The van der Waals surface area contributed by atoms with Crippen LogP contribution in [0, 0.1) is 17.8 Å². The summed E-state index contributed by atoms with van der Waals surface area (Å²) in [7, 11) is 0. The molecule has 2 nitrogen and oxygen atoms in total. The van der Waals surface area contributed by atoms with E-state index < -0.39 is 0 Å². The summed E-state index contributed by atoms with van der Waals surface area (Å²) >= 11 is 0. The summed E-state index contributed by atoms with van der Waals surface area (Å²) in [5.74, 6) is 2.58. The molecule has 0 spiro atoms. The summed E-state index contributed by atoms with van der Waals surface area (Å²) in [5, 5.41) is 17.6. The molecule has 0 saturated carbocycles. The molecule has 2 N–H and O–H groups in total. The molecule has 2 unspecified atom stereocenters. The lowest BCUT2D eigenvalue weighted by Crippen LogP contribution is -2.11. The standard InChI is InChI=1S/C22H46O2/c1-20(2)22(15-11-7-5-9-13-19-24)17-16-21(3)14-10-6-4-8-12-18-23/h20-24H,4-19H2,1-3H3. The normalized spacial score (nSPS) is 14.2. The Morgan fingerprint density at radius 3 is 1.46 bits per heavy atom. The van der Waals surface area contributed by atoms with Gasteiger partial charge in [0, 0.05) is 13.2 Å². The Bertz CT molecular complexity index is 240. The van der Waals surface area contributed by atoms with Crippen molar-refractivity contribution in [3.63, 3.8) is 0 Å². The molecule has 0 aromatic rings. The van der Waals surface area contributed by atoms with E-state index in [0.29, 0.717) is 13.2 Å².